The standard InChI is InChI=1S/C27H58IP/c1-5-9-10-11-12-13-14-15-16-17-18-19-20-21-22-23-27-29(28,24-6-2,25-7-3)26-8-4/h5-27H2,1-4H3. The fraction of sp³-hybridized carbons (Fsp3) is 1.00. The van der Waals surface area contributed by atoms with E-state index in [0.717, 1.165) is 0 Å². The summed E-state index contributed by atoms with van der Waals surface area (Å²) in [6, 6.07) is 0. The Bertz CT molecular complexity index is 322. The van der Waals surface area contributed by atoms with Gasteiger partial charge in [0, 0.05) is 0 Å². The van der Waals surface area contributed by atoms with Crippen LogP contribution in [0, 0.1) is 0 Å². The molecule has 0 bridgehead atoms. The van der Waals surface area contributed by atoms with Crippen molar-refractivity contribution >= 4 is 26.3 Å². The normalized spacial score (nSPS) is 13.5. The maximum absolute atomic E-state index is 3.04. The second-order valence-corrected chi connectivity index (χ2v) is 23.6. The van der Waals surface area contributed by atoms with Crippen molar-refractivity contribution in [2.24, 2.45) is 0 Å². The zero-order valence-corrected chi connectivity index (χ0v) is 24.1. The van der Waals surface area contributed by atoms with E-state index in [1.54, 1.807) is 24.6 Å². The van der Waals surface area contributed by atoms with Gasteiger partial charge in [0.15, 0.2) is 0 Å². The van der Waals surface area contributed by atoms with E-state index in [1.165, 1.54) is 122 Å². The quantitative estimate of drug-likeness (QED) is 0.0687. The number of rotatable bonds is 23. The van der Waals surface area contributed by atoms with Gasteiger partial charge in [0.2, 0.25) is 0 Å². The first-order valence-corrected chi connectivity index (χ1v) is 19.5. The average Bonchev–Trinajstić information content (AvgIpc) is 2.68. The predicted octanol–water partition coefficient (Wildman–Crippen LogP) is 11.4. The van der Waals surface area contributed by atoms with Gasteiger partial charge in [-0.2, -0.15) is 0 Å². The van der Waals surface area contributed by atoms with Crippen molar-refractivity contribution in [2.75, 3.05) is 24.6 Å². The Morgan fingerprint density at radius 3 is 0.897 bits per heavy atom. The molecular formula is C27H58IP. The molecule has 2 heteroatoms. The van der Waals surface area contributed by atoms with Crippen LogP contribution in [0.25, 0.3) is 0 Å². The first-order valence-electron chi connectivity index (χ1n) is 13.8. The Labute approximate surface area is 200 Å². The van der Waals surface area contributed by atoms with Gasteiger partial charge in [-0.3, -0.25) is 0 Å². The van der Waals surface area contributed by atoms with Gasteiger partial charge in [-0.1, -0.05) is 39.0 Å². The average molecular weight is 541 g/mol. The molecule has 29 heavy (non-hydrogen) atoms. The van der Waals surface area contributed by atoms with Crippen LogP contribution in [0.2, 0.25) is 0 Å². The molecule has 0 atom stereocenters. The molecule has 0 aromatic heterocycles. The molecule has 0 aliphatic heterocycles. The Morgan fingerprint density at radius 1 is 0.345 bits per heavy atom. The van der Waals surface area contributed by atoms with Gasteiger partial charge in [0.1, 0.15) is 0 Å². The van der Waals surface area contributed by atoms with Crippen LogP contribution in [-0.2, 0) is 0 Å². The summed E-state index contributed by atoms with van der Waals surface area (Å²) in [4.78, 5) is 0. The Balaban J connectivity index is 3.62. The van der Waals surface area contributed by atoms with Crippen molar-refractivity contribution in [1.82, 2.24) is 0 Å². The van der Waals surface area contributed by atoms with Crippen LogP contribution >= 0.6 is 26.3 Å². The molecule has 0 heterocycles. The molecule has 0 rings (SSSR count). The summed E-state index contributed by atoms with van der Waals surface area (Å²) in [5.41, 5.74) is 0. The van der Waals surface area contributed by atoms with Crippen molar-refractivity contribution < 1.29 is 0 Å². The van der Waals surface area contributed by atoms with E-state index in [9.17, 15) is 0 Å². The van der Waals surface area contributed by atoms with Gasteiger partial charge in [-0.25, -0.2) is 0 Å². The minimum absolute atomic E-state index is 1.37. The Hall–Kier alpha value is 1.16. The molecule has 0 N–H and O–H groups in total. The summed E-state index contributed by atoms with van der Waals surface area (Å²) in [5, 5.41) is 0. The van der Waals surface area contributed by atoms with Crippen LogP contribution < -0.4 is 0 Å². The SMILES string of the molecule is CCCCCCCCCCCCCCCCCCP(I)(CCC)(CCC)CCC. The molecule has 0 saturated carbocycles. The Kier molecular flexibility index (Phi) is 20.6. The summed E-state index contributed by atoms with van der Waals surface area (Å²) in [6.45, 7) is 9.55. The summed E-state index contributed by atoms with van der Waals surface area (Å²) in [5.74, 6) is 0. The molecule has 0 amide bonds. The van der Waals surface area contributed by atoms with Crippen molar-refractivity contribution in [1.29, 1.82) is 0 Å². The molecule has 0 nitrogen and oxygen atoms in total. The summed E-state index contributed by atoms with van der Waals surface area (Å²) < 4.78 is -1.41. The van der Waals surface area contributed by atoms with Crippen LogP contribution in [0.3, 0.4) is 0 Å². The van der Waals surface area contributed by atoms with Crippen LogP contribution in [-0.4, -0.2) is 24.6 Å². The van der Waals surface area contributed by atoms with Crippen molar-refractivity contribution in [2.45, 2.75) is 150 Å². The molecule has 0 aliphatic rings. The number of hydrogen-bond donors (Lipinski definition) is 0. The van der Waals surface area contributed by atoms with E-state index in [-0.39, 0.29) is 0 Å². The Morgan fingerprint density at radius 2 is 0.621 bits per heavy atom. The third-order valence-corrected chi connectivity index (χ3v) is 18.8. The predicted molar refractivity (Wildman–Crippen MR) is 151 cm³/mol. The molecule has 0 fully saturated rings. The first kappa shape index (κ1) is 30.2. The van der Waals surface area contributed by atoms with E-state index in [4.69, 9.17) is 0 Å². The molecule has 0 aromatic carbocycles. The van der Waals surface area contributed by atoms with Crippen LogP contribution in [0.4, 0.5) is 0 Å². The zero-order valence-electron chi connectivity index (χ0n) is 21.1. The van der Waals surface area contributed by atoms with Crippen LogP contribution in [0.15, 0.2) is 0 Å². The van der Waals surface area contributed by atoms with E-state index in [1.807, 2.05) is 0 Å². The van der Waals surface area contributed by atoms with E-state index >= 15 is 0 Å². The molecular weight excluding hydrogens is 482 g/mol. The fourth-order valence-electron chi connectivity index (χ4n) is 5.40. The van der Waals surface area contributed by atoms with Crippen LogP contribution in [0.1, 0.15) is 150 Å². The summed E-state index contributed by atoms with van der Waals surface area (Å²) >= 11 is 3.04. The third-order valence-electron chi connectivity index (χ3n) is 6.92. The van der Waals surface area contributed by atoms with Crippen LogP contribution in [0.5, 0.6) is 0 Å². The van der Waals surface area contributed by atoms with Crippen molar-refractivity contribution in [3.63, 3.8) is 0 Å². The molecule has 0 saturated heterocycles. The van der Waals surface area contributed by atoms with Gasteiger partial charge >= 0.3 is 162 Å². The molecule has 0 spiro atoms. The number of halogens is 1. The number of unbranched alkanes of at least 4 members (excludes halogenated alkanes) is 15. The van der Waals surface area contributed by atoms with Gasteiger partial charge < -0.3 is 0 Å². The second kappa shape index (κ2) is 19.8. The van der Waals surface area contributed by atoms with Gasteiger partial charge in [-0.15, -0.1) is 0 Å². The van der Waals surface area contributed by atoms with Gasteiger partial charge in [0.05, 0.1) is 0 Å². The maximum atomic E-state index is 3.04. The topological polar surface area (TPSA) is 0 Å². The van der Waals surface area contributed by atoms with E-state index in [0.29, 0.717) is 0 Å². The van der Waals surface area contributed by atoms with Gasteiger partial charge in [-0.05, 0) is 0 Å². The summed E-state index contributed by atoms with van der Waals surface area (Å²) in [7, 11) is 0. The molecule has 178 valence electrons. The van der Waals surface area contributed by atoms with Gasteiger partial charge in [0.25, 0.3) is 0 Å². The van der Waals surface area contributed by atoms with E-state index in [2.05, 4.69) is 49.7 Å². The minimum atomic E-state index is -1.41. The van der Waals surface area contributed by atoms with E-state index < -0.39 is 4.25 Å². The fourth-order valence-corrected chi connectivity index (χ4v) is 16.5. The van der Waals surface area contributed by atoms with Crippen molar-refractivity contribution in [3.05, 3.63) is 0 Å². The zero-order chi connectivity index (χ0) is 21.7. The number of hydrogen-bond acceptors (Lipinski definition) is 0. The third kappa shape index (κ3) is 16.5. The first-order chi connectivity index (χ1) is 14.0. The molecule has 0 aromatic rings. The summed E-state index contributed by atoms with van der Waals surface area (Å²) in [6.07, 6.45) is 34.1. The molecule has 0 aliphatic carbocycles. The molecule has 0 radical (unpaired) electrons. The molecule has 0 unspecified atom stereocenters. The monoisotopic (exact) mass is 540 g/mol. The second-order valence-electron chi connectivity index (χ2n) is 10.0. The van der Waals surface area contributed by atoms with Crippen molar-refractivity contribution in [3.8, 4) is 0 Å².